The van der Waals surface area contributed by atoms with Crippen molar-refractivity contribution in [3.05, 3.63) is 231 Å². The van der Waals surface area contributed by atoms with Crippen molar-refractivity contribution in [2.24, 2.45) is 0 Å². The average Bonchev–Trinajstić information content (AvgIpc) is 4.09. The zero-order valence-electron chi connectivity index (χ0n) is 34.7. The molecule has 298 valence electrons. The van der Waals surface area contributed by atoms with E-state index in [0.717, 1.165) is 39.2 Å². The summed E-state index contributed by atoms with van der Waals surface area (Å²) in [5, 5.41) is 9.94. The van der Waals surface area contributed by atoms with E-state index in [1.54, 1.807) is 0 Å². The first-order valence-electron chi connectivity index (χ1n) is 22.0. The fourth-order valence-electron chi connectivity index (χ4n) is 11.0. The standard InChI is InChI=1S/C60H38N4/c1-9-26-49-40(18-1)41-19-2-10-27-50(41)61(49)39-36-37-47-46-24-7-15-32-55(46)64(59(47)38-39)54-31-14-6-23-45(54)44-22-5-13-30-53(44)63-56-33-16-8-25-48(56)60-57(34-17-35-58(60)63)62-51-28-11-3-20-42(51)43-21-4-12-29-52(43)62/h1-38H. The summed E-state index contributed by atoms with van der Waals surface area (Å²) >= 11 is 0. The van der Waals surface area contributed by atoms with Crippen LogP contribution in [-0.4, -0.2) is 18.3 Å². The Morgan fingerprint density at radius 2 is 0.531 bits per heavy atom. The highest BCUT2D eigenvalue weighted by molar-refractivity contribution is 6.17. The van der Waals surface area contributed by atoms with Gasteiger partial charge in [-0.2, -0.15) is 0 Å². The first kappa shape index (κ1) is 35.0. The van der Waals surface area contributed by atoms with Crippen molar-refractivity contribution < 1.29 is 0 Å². The maximum atomic E-state index is 2.49. The highest BCUT2D eigenvalue weighted by Crippen LogP contribution is 2.44. The minimum absolute atomic E-state index is 1.13. The molecule has 0 fully saturated rings. The number of para-hydroxylation sites is 8. The molecule has 0 radical (unpaired) electrons. The molecule has 0 unspecified atom stereocenters. The molecule has 0 aliphatic heterocycles. The molecule has 64 heavy (non-hydrogen) atoms. The molecular weight excluding hydrogens is 777 g/mol. The third kappa shape index (κ3) is 4.82. The Labute approximate surface area is 368 Å². The summed E-state index contributed by atoms with van der Waals surface area (Å²) in [6.07, 6.45) is 0. The lowest BCUT2D eigenvalue weighted by Crippen LogP contribution is -2.02. The Morgan fingerprint density at radius 3 is 1.03 bits per heavy atom. The van der Waals surface area contributed by atoms with Gasteiger partial charge in [-0.05, 0) is 72.8 Å². The molecule has 0 saturated heterocycles. The number of benzene rings is 10. The highest BCUT2D eigenvalue weighted by Gasteiger charge is 2.23. The van der Waals surface area contributed by atoms with Gasteiger partial charge in [0.2, 0.25) is 0 Å². The third-order valence-corrected chi connectivity index (χ3v) is 13.6. The van der Waals surface area contributed by atoms with Gasteiger partial charge in [0.1, 0.15) is 0 Å². The summed E-state index contributed by atoms with van der Waals surface area (Å²) in [6.45, 7) is 0. The lowest BCUT2D eigenvalue weighted by Gasteiger charge is -2.19. The van der Waals surface area contributed by atoms with Gasteiger partial charge in [-0.25, -0.2) is 0 Å². The van der Waals surface area contributed by atoms with Crippen molar-refractivity contribution in [3.8, 4) is 33.9 Å². The predicted molar refractivity (Wildman–Crippen MR) is 269 cm³/mol. The van der Waals surface area contributed by atoms with Crippen molar-refractivity contribution in [1.29, 1.82) is 0 Å². The van der Waals surface area contributed by atoms with Crippen LogP contribution in [0.25, 0.3) is 121 Å². The van der Waals surface area contributed by atoms with Crippen LogP contribution >= 0.6 is 0 Å². The second-order valence-electron chi connectivity index (χ2n) is 16.9. The Kier molecular flexibility index (Phi) is 7.36. The zero-order valence-corrected chi connectivity index (χ0v) is 34.7. The molecule has 0 N–H and O–H groups in total. The number of hydrogen-bond donors (Lipinski definition) is 0. The largest absolute Gasteiger partial charge is 0.309 e. The fraction of sp³-hybridized carbons (Fsp3) is 0. The van der Waals surface area contributed by atoms with Crippen LogP contribution in [-0.2, 0) is 0 Å². The SMILES string of the molecule is c1ccc(-n2c3ccccc3c3ccc(-n4c5ccccc5c5ccccc54)cc32)c(-c2ccccc2-n2c3ccccc3c3c(-n4c5ccccc5c5ccccc54)cccc32)c1. The molecule has 0 aliphatic carbocycles. The van der Waals surface area contributed by atoms with E-state index >= 15 is 0 Å². The predicted octanol–water partition coefficient (Wildman–Crippen LogP) is 15.7. The van der Waals surface area contributed by atoms with Crippen molar-refractivity contribution >= 4 is 87.2 Å². The van der Waals surface area contributed by atoms with Crippen LogP contribution in [0.5, 0.6) is 0 Å². The maximum Gasteiger partial charge on any atom is 0.0562 e. The summed E-state index contributed by atoms with van der Waals surface area (Å²) in [6, 6.07) is 84.5. The molecule has 0 bridgehead atoms. The Morgan fingerprint density at radius 1 is 0.203 bits per heavy atom. The first-order valence-corrected chi connectivity index (χ1v) is 22.0. The van der Waals surface area contributed by atoms with Crippen LogP contribution in [0.3, 0.4) is 0 Å². The normalized spacial score (nSPS) is 12.1. The van der Waals surface area contributed by atoms with E-state index in [1.165, 1.54) is 81.9 Å². The lowest BCUT2D eigenvalue weighted by molar-refractivity contribution is 1.15. The van der Waals surface area contributed by atoms with Crippen LogP contribution < -0.4 is 0 Å². The molecule has 0 saturated carbocycles. The molecule has 4 aromatic heterocycles. The zero-order chi connectivity index (χ0) is 41.9. The van der Waals surface area contributed by atoms with Gasteiger partial charge in [0.25, 0.3) is 0 Å². The maximum absolute atomic E-state index is 2.49. The number of rotatable bonds is 5. The van der Waals surface area contributed by atoms with E-state index in [-0.39, 0.29) is 0 Å². The summed E-state index contributed by atoms with van der Waals surface area (Å²) in [5.74, 6) is 0. The molecule has 4 nitrogen and oxygen atoms in total. The summed E-state index contributed by atoms with van der Waals surface area (Å²) in [7, 11) is 0. The van der Waals surface area contributed by atoms with Crippen molar-refractivity contribution in [1.82, 2.24) is 18.3 Å². The second kappa shape index (κ2) is 13.4. The van der Waals surface area contributed by atoms with Crippen molar-refractivity contribution in [3.63, 3.8) is 0 Å². The van der Waals surface area contributed by atoms with Gasteiger partial charge in [-0.15, -0.1) is 0 Å². The molecule has 0 aliphatic rings. The molecule has 0 atom stereocenters. The van der Waals surface area contributed by atoms with Crippen LogP contribution in [0.15, 0.2) is 231 Å². The van der Waals surface area contributed by atoms with E-state index in [9.17, 15) is 0 Å². The topological polar surface area (TPSA) is 19.7 Å². The Balaban J connectivity index is 1.02. The molecular formula is C60H38N4. The van der Waals surface area contributed by atoms with Gasteiger partial charge < -0.3 is 18.3 Å². The molecule has 14 rings (SSSR count). The van der Waals surface area contributed by atoms with Gasteiger partial charge in [0.15, 0.2) is 0 Å². The third-order valence-electron chi connectivity index (χ3n) is 13.6. The van der Waals surface area contributed by atoms with Gasteiger partial charge >= 0.3 is 0 Å². The van der Waals surface area contributed by atoms with E-state index in [0.29, 0.717) is 0 Å². The number of fused-ring (bicyclic) bond motifs is 12. The minimum Gasteiger partial charge on any atom is -0.309 e. The monoisotopic (exact) mass is 814 g/mol. The van der Waals surface area contributed by atoms with Crippen LogP contribution in [0, 0.1) is 0 Å². The quantitative estimate of drug-likeness (QED) is 0.165. The summed E-state index contributed by atoms with van der Waals surface area (Å²) in [4.78, 5) is 0. The second-order valence-corrected chi connectivity index (χ2v) is 16.9. The van der Waals surface area contributed by atoms with E-state index in [4.69, 9.17) is 0 Å². The van der Waals surface area contributed by atoms with Crippen molar-refractivity contribution in [2.45, 2.75) is 0 Å². The molecule has 10 aromatic carbocycles. The summed E-state index contributed by atoms with van der Waals surface area (Å²) < 4.78 is 9.85. The van der Waals surface area contributed by atoms with Gasteiger partial charge in [-0.3, -0.25) is 0 Å². The van der Waals surface area contributed by atoms with E-state index in [2.05, 4.69) is 249 Å². The molecule has 4 heterocycles. The highest BCUT2D eigenvalue weighted by atomic mass is 15.0. The lowest BCUT2D eigenvalue weighted by atomic mass is 10.0. The molecule has 0 amide bonds. The molecule has 0 spiro atoms. The number of aromatic nitrogens is 4. The molecule has 4 heteroatoms. The summed E-state index contributed by atoms with van der Waals surface area (Å²) in [5.41, 5.74) is 16.4. The van der Waals surface area contributed by atoms with Crippen LogP contribution in [0.1, 0.15) is 0 Å². The van der Waals surface area contributed by atoms with Gasteiger partial charge in [0.05, 0.1) is 61.2 Å². The average molecular weight is 815 g/mol. The Hall–Kier alpha value is -8.60. The smallest absolute Gasteiger partial charge is 0.0562 e. The number of nitrogens with zero attached hydrogens (tertiary/aromatic N) is 4. The minimum atomic E-state index is 1.13. The van der Waals surface area contributed by atoms with E-state index < -0.39 is 0 Å². The fourth-order valence-corrected chi connectivity index (χ4v) is 11.0. The number of hydrogen-bond acceptors (Lipinski definition) is 0. The first-order chi connectivity index (χ1) is 31.8. The van der Waals surface area contributed by atoms with Gasteiger partial charge in [-0.1, -0.05) is 158 Å². The van der Waals surface area contributed by atoms with Gasteiger partial charge in [0, 0.05) is 59.9 Å². The van der Waals surface area contributed by atoms with Crippen molar-refractivity contribution in [2.75, 3.05) is 0 Å². The molecule has 14 aromatic rings. The Bertz CT molecular complexity index is 4050. The van der Waals surface area contributed by atoms with E-state index in [1.807, 2.05) is 0 Å². The van der Waals surface area contributed by atoms with Crippen LogP contribution in [0.2, 0.25) is 0 Å². The van der Waals surface area contributed by atoms with Crippen LogP contribution in [0.4, 0.5) is 0 Å².